The lowest BCUT2D eigenvalue weighted by atomic mass is 10.1. The minimum Gasteiger partial charge on any atom is -0.364 e. The van der Waals surface area contributed by atoms with E-state index in [-0.39, 0.29) is 0 Å². The Labute approximate surface area is 102 Å². The average Bonchev–Trinajstić information content (AvgIpc) is 3.00. The second-order valence-corrected chi connectivity index (χ2v) is 4.74. The van der Waals surface area contributed by atoms with Crippen LogP contribution in [0.2, 0.25) is 0 Å². The number of nitrogens with one attached hydrogen (secondary N) is 1. The van der Waals surface area contributed by atoms with Gasteiger partial charge in [0.1, 0.15) is 0 Å². The van der Waals surface area contributed by atoms with Crippen molar-refractivity contribution in [2.45, 2.75) is 25.4 Å². The van der Waals surface area contributed by atoms with Crippen LogP contribution in [0.25, 0.3) is 0 Å². The second kappa shape index (κ2) is 4.76. The molecule has 1 aliphatic heterocycles. The van der Waals surface area contributed by atoms with E-state index in [1.807, 2.05) is 6.20 Å². The van der Waals surface area contributed by atoms with Gasteiger partial charge in [-0.3, -0.25) is 4.90 Å². The van der Waals surface area contributed by atoms with Gasteiger partial charge in [0, 0.05) is 18.4 Å². The standard InChI is InChI=1S/C15H18N2/c1-2-6-13(7-3-1)12-17-11-5-9-15(17)14-8-4-10-16-14/h1-4,6-8,10,15-16H,5,9,11-12H2. The summed E-state index contributed by atoms with van der Waals surface area (Å²) in [5.41, 5.74) is 2.77. The van der Waals surface area contributed by atoms with Gasteiger partial charge in [-0.25, -0.2) is 0 Å². The zero-order valence-corrected chi connectivity index (χ0v) is 9.97. The maximum Gasteiger partial charge on any atom is 0.0502 e. The number of aromatic amines is 1. The van der Waals surface area contributed by atoms with Crippen molar-refractivity contribution in [2.24, 2.45) is 0 Å². The fourth-order valence-electron chi connectivity index (χ4n) is 2.74. The highest BCUT2D eigenvalue weighted by molar-refractivity contribution is 5.16. The molecule has 88 valence electrons. The maximum absolute atomic E-state index is 3.35. The molecule has 1 saturated heterocycles. The third kappa shape index (κ3) is 2.27. The molecule has 1 N–H and O–H groups in total. The number of aromatic nitrogens is 1. The quantitative estimate of drug-likeness (QED) is 0.850. The zero-order valence-electron chi connectivity index (χ0n) is 9.97. The topological polar surface area (TPSA) is 19.0 Å². The first kappa shape index (κ1) is 10.6. The molecule has 0 aliphatic carbocycles. The smallest absolute Gasteiger partial charge is 0.0502 e. The Morgan fingerprint density at radius 2 is 2.00 bits per heavy atom. The van der Waals surface area contributed by atoms with Crippen LogP contribution in [0.4, 0.5) is 0 Å². The minimum absolute atomic E-state index is 0.574. The summed E-state index contributed by atoms with van der Waals surface area (Å²) in [6.07, 6.45) is 4.60. The average molecular weight is 226 g/mol. The van der Waals surface area contributed by atoms with Crippen LogP contribution in [-0.2, 0) is 6.54 Å². The van der Waals surface area contributed by atoms with E-state index in [0.29, 0.717) is 6.04 Å². The molecule has 1 fully saturated rings. The third-order valence-corrected chi connectivity index (χ3v) is 3.57. The minimum atomic E-state index is 0.574. The van der Waals surface area contributed by atoms with Crippen LogP contribution in [0.3, 0.4) is 0 Å². The Morgan fingerprint density at radius 1 is 1.12 bits per heavy atom. The molecule has 0 spiro atoms. The predicted octanol–water partition coefficient (Wildman–Crippen LogP) is 3.35. The summed E-state index contributed by atoms with van der Waals surface area (Å²) in [6, 6.07) is 15.6. The summed E-state index contributed by atoms with van der Waals surface area (Å²) in [4.78, 5) is 5.92. The number of rotatable bonds is 3. The van der Waals surface area contributed by atoms with Gasteiger partial charge in [-0.05, 0) is 37.1 Å². The molecule has 3 rings (SSSR count). The molecule has 0 amide bonds. The van der Waals surface area contributed by atoms with Crippen molar-refractivity contribution in [2.75, 3.05) is 6.54 Å². The van der Waals surface area contributed by atoms with Crippen molar-refractivity contribution < 1.29 is 0 Å². The van der Waals surface area contributed by atoms with Gasteiger partial charge in [0.2, 0.25) is 0 Å². The summed E-state index contributed by atoms with van der Waals surface area (Å²) >= 11 is 0. The summed E-state index contributed by atoms with van der Waals surface area (Å²) in [5.74, 6) is 0. The molecule has 1 aromatic heterocycles. The van der Waals surface area contributed by atoms with Gasteiger partial charge >= 0.3 is 0 Å². The number of benzene rings is 1. The molecule has 0 radical (unpaired) electrons. The summed E-state index contributed by atoms with van der Waals surface area (Å²) in [5, 5.41) is 0. The molecule has 2 nitrogen and oxygen atoms in total. The van der Waals surface area contributed by atoms with E-state index in [9.17, 15) is 0 Å². The number of likely N-dealkylation sites (tertiary alicyclic amines) is 1. The molecule has 2 heterocycles. The normalized spacial score (nSPS) is 20.8. The van der Waals surface area contributed by atoms with Crippen molar-refractivity contribution in [1.82, 2.24) is 9.88 Å². The van der Waals surface area contributed by atoms with Crippen LogP contribution < -0.4 is 0 Å². The fourth-order valence-corrected chi connectivity index (χ4v) is 2.74. The first-order chi connectivity index (χ1) is 8.43. The van der Waals surface area contributed by atoms with E-state index in [1.165, 1.54) is 30.6 Å². The predicted molar refractivity (Wildman–Crippen MR) is 69.6 cm³/mol. The van der Waals surface area contributed by atoms with Crippen molar-refractivity contribution in [1.29, 1.82) is 0 Å². The van der Waals surface area contributed by atoms with Gasteiger partial charge in [0.15, 0.2) is 0 Å². The molecule has 1 unspecified atom stereocenters. The summed E-state index contributed by atoms with van der Waals surface area (Å²) < 4.78 is 0. The highest BCUT2D eigenvalue weighted by Crippen LogP contribution is 2.31. The SMILES string of the molecule is c1ccc(CN2CCCC2c2ccc[nH]2)cc1. The van der Waals surface area contributed by atoms with Gasteiger partial charge in [0.05, 0.1) is 6.04 Å². The van der Waals surface area contributed by atoms with Gasteiger partial charge in [-0.15, -0.1) is 0 Å². The molecule has 0 bridgehead atoms. The molecule has 2 heteroatoms. The molecular weight excluding hydrogens is 208 g/mol. The Bertz CT molecular complexity index is 447. The summed E-state index contributed by atoms with van der Waals surface area (Å²) in [6.45, 7) is 2.27. The Balaban J connectivity index is 1.75. The molecule has 1 aromatic carbocycles. The van der Waals surface area contributed by atoms with Crippen molar-refractivity contribution in [3.8, 4) is 0 Å². The van der Waals surface area contributed by atoms with Gasteiger partial charge in [-0.1, -0.05) is 30.3 Å². The van der Waals surface area contributed by atoms with Crippen molar-refractivity contribution in [3.05, 3.63) is 59.9 Å². The highest BCUT2D eigenvalue weighted by atomic mass is 15.2. The lowest BCUT2D eigenvalue weighted by Crippen LogP contribution is -2.22. The number of hydrogen-bond acceptors (Lipinski definition) is 1. The molecule has 17 heavy (non-hydrogen) atoms. The van der Waals surface area contributed by atoms with Crippen LogP contribution >= 0.6 is 0 Å². The lowest BCUT2D eigenvalue weighted by Gasteiger charge is -2.23. The fraction of sp³-hybridized carbons (Fsp3) is 0.333. The van der Waals surface area contributed by atoms with Crippen LogP contribution in [0.5, 0.6) is 0 Å². The molecule has 1 atom stereocenters. The van der Waals surface area contributed by atoms with E-state index < -0.39 is 0 Å². The van der Waals surface area contributed by atoms with Crippen LogP contribution in [0, 0.1) is 0 Å². The van der Waals surface area contributed by atoms with Crippen molar-refractivity contribution >= 4 is 0 Å². The number of H-pyrrole nitrogens is 1. The van der Waals surface area contributed by atoms with Gasteiger partial charge in [-0.2, -0.15) is 0 Å². The number of hydrogen-bond donors (Lipinski definition) is 1. The summed E-state index contributed by atoms with van der Waals surface area (Å²) in [7, 11) is 0. The lowest BCUT2D eigenvalue weighted by molar-refractivity contribution is 0.245. The first-order valence-electron chi connectivity index (χ1n) is 6.35. The van der Waals surface area contributed by atoms with Gasteiger partial charge in [0.25, 0.3) is 0 Å². The van der Waals surface area contributed by atoms with Crippen molar-refractivity contribution in [3.63, 3.8) is 0 Å². The van der Waals surface area contributed by atoms with E-state index >= 15 is 0 Å². The van der Waals surface area contributed by atoms with E-state index in [0.717, 1.165) is 6.54 Å². The maximum atomic E-state index is 3.35. The number of nitrogens with zero attached hydrogens (tertiary/aromatic N) is 1. The molecule has 1 aliphatic rings. The van der Waals surface area contributed by atoms with Crippen LogP contribution in [0.15, 0.2) is 48.7 Å². The Kier molecular flexibility index (Phi) is 2.97. The molecule has 0 saturated carbocycles. The Morgan fingerprint density at radius 3 is 2.76 bits per heavy atom. The first-order valence-corrected chi connectivity index (χ1v) is 6.35. The van der Waals surface area contributed by atoms with E-state index in [4.69, 9.17) is 0 Å². The zero-order chi connectivity index (χ0) is 11.5. The van der Waals surface area contributed by atoms with Crippen LogP contribution in [0.1, 0.15) is 30.1 Å². The third-order valence-electron chi connectivity index (χ3n) is 3.57. The highest BCUT2D eigenvalue weighted by Gasteiger charge is 2.26. The monoisotopic (exact) mass is 226 g/mol. The van der Waals surface area contributed by atoms with Crippen LogP contribution in [-0.4, -0.2) is 16.4 Å². The molecular formula is C15H18N2. The molecule has 2 aromatic rings. The Hall–Kier alpha value is -1.54. The van der Waals surface area contributed by atoms with E-state index in [2.05, 4.69) is 52.3 Å². The van der Waals surface area contributed by atoms with Gasteiger partial charge < -0.3 is 4.98 Å². The second-order valence-electron chi connectivity index (χ2n) is 4.74. The van der Waals surface area contributed by atoms with E-state index in [1.54, 1.807) is 0 Å². The largest absolute Gasteiger partial charge is 0.364 e.